The van der Waals surface area contributed by atoms with Gasteiger partial charge >= 0.3 is 0 Å². The molecule has 0 aromatic heterocycles. The molecule has 1 aromatic carbocycles. The van der Waals surface area contributed by atoms with Gasteiger partial charge in [0.15, 0.2) is 0 Å². The molecule has 1 aromatic rings. The Morgan fingerprint density at radius 2 is 2.00 bits per heavy atom. The number of phenolic OH excluding ortho intramolecular Hbond substituents is 1. The maximum absolute atomic E-state index is 9.48. The zero-order valence-electron chi connectivity index (χ0n) is 11.9. The quantitative estimate of drug-likeness (QED) is 0.895. The fourth-order valence-electron chi connectivity index (χ4n) is 3.23. The molecule has 5 heteroatoms. The molecule has 20 heavy (non-hydrogen) atoms. The lowest BCUT2D eigenvalue weighted by Crippen LogP contribution is -2.60. The summed E-state index contributed by atoms with van der Waals surface area (Å²) in [7, 11) is 2.20. The van der Waals surface area contributed by atoms with Crippen LogP contribution in [0.2, 0.25) is 5.02 Å². The lowest BCUT2D eigenvalue weighted by Gasteiger charge is -2.46. The van der Waals surface area contributed by atoms with Crippen LogP contribution in [0.3, 0.4) is 0 Å². The van der Waals surface area contributed by atoms with E-state index in [0.29, 0.717) is 11.1 Å². The Morgan fingerprint density at radius 1 is 1.20 bits per heavy atom. The van der Waals surface area contributed by atoms with E-state index < -0.39 is 0 Å². The van der Waals surface area contributed by atoms with Gasteiger partial charge in [-0.15, -0.1) is 0 Å². The Bertz CT molecular complexity index is 482. The number of phenols is 1. The lowest BCUT2D eigenvalue weighted by molar-refractivity contribution is 0.0175. The first kappa shape index (κ1) is 14.1. The van der Waals surface area contributed by atoms with Crippen LogP contribution in [-0.2, 0) is 6.54 Å². The van der Waals surface area contributed by atoms with E-state index in [1.54, 1.807) is 6.07 Å². The number of rotatable bonds is 2. The third-order valence-electron chi connectivity index (χ3n) is 4.40. The lowest BCUT2D eigenvalue weighted by atomic mass is 10.1. The minimum absolute atomic E-state index is 0.161. The van der Waals surface area contributed by atoms with Crippen molar-refractivity contribution in [2.45, 2.75) is 12.6 Å². The Morgan fingerprint density at radius 3 is 2.80 bits per heavy atom. The zero-order valence-corrected chi connectivity index (χ0v) is 12.7. The van der Waals surface area contributed by atoms with E-state index in [-0.39, 0.29) is 5.75 Å². The number of hydrogen-bond acceptors (Lipinski definition) is 4. The Hall–Kier alpha value is -0.810. The number of halogens is 1. The van der Waals surface area contributed by atoms with Crippen molar-refractivity contribution in [2.24, 2.45) is 0 Å². The highest BCUT2D eigenvalue weighted by Gasteiger charge is 2.30. The van der Waals surface area contributed by atoms with Crippen molar-refractivity contribution < 1.29 is 5.11 Å². The molecular weight excluding hydrogens is 274 g/mol. The van der Waals surface area contributed by atoms with Crippen LogP contribution in [0.1, 0.15) is 5.56 Å². The molecule has 0 radical (unpaired) electrons. The Labute approximate surface area is 125 Å². The van der Waals surface area contributed by atoms with Gasteiger partial charge in [-0.1, -0.05) is 17.7 Å². The molecule has 2 heterocycles. The number of nitrogens with zero attached hydrogens (tertiary/aromatic N) is 3. The molecule has 1 atom stereocenters. The summed E-state index contributed by atoms with van der Waals surface area (Å²) in [5, 5.41) is 9.92. The summed E-state index contributed by atoms with van der Waals surface area (Å²) in [4.78, 5) is 7.52. The molecule has 0 spiro atoms. The molecule has 2 aliphatic heterocycles. The van der Waals surface area contributed by atoms with E-state index in [1.165, 1.54) is 18.7 Å². The zero-order chi connectivity index (χ0) is 14.1. The molecular formula is C15H22ClN3O. The molecule has 4 nitrogen and oxygen atoms in total. The van der Waals surface area contributed by atoms with E-state index >= 15 is 0 Å². The van der Waals surface area contributed by atoms with Crippen molar-refractivity contribution in [1.29, 1.82) is 0 Å². The summed E-state index contributed by atoms with van der Waals surface area (Å²) in [6, 6.07) is 6.16. The van der Waals surface area contributed by atoms with Crippen LogP contribution in [0.25, 0.3) is 0 Å². The number of likely N-dealkylation sites (N-methyl/N-ethyl adjacent to an activating group) is 1. The monoisotopic (exact) mass is 295 g/mol. The van der Waals surface area contributed by atoms with Crippen molar-refractivity contribution in [3.8, 4) is 5.75 Å². The van der Waals surface area contributed by atoms with Crippen LogP contribution in [0, 0.1) is 0 Å². The first-order valence-corrected chi connectivity index (χ1v) is 7.62. The summed E-state index contributed by atoms with van der Waals surface area (Å²) in [6.07, 6.45) is 0. The minimum atomic E-state index is 0.161. The molecule has 110 valence electrons. The largest absolute Gasteiger partial charge is 0.506 e. The molecule has 3 rings (SSSR count). The summed E-state index contributed by atoms with van der Waals surface area (Å²) >= 11 is 5.98. The maximum atomic E-state index is 9.48. The first-order chi connectivity index (χ1) is 9.61. The van der Waals surface area contributed by atoms with E-state index in [4.69, 9.17) is 11.6 Å². The molecule has 0 amide bonds. The van der Waals surface area contributed by atoms with Gasteiger partial charge in [0.2, 0.25) is 0 Å². The predicted molar refractivity (Wildman–Crippen MR) is 81.3 cm³/mol. The summed E-state index contributed by atoms with van der Waals surface area (Å²) in [6.45, 7) is 7.83. The molecule has 0 aliphatic carbocycles. The van der Waals surface area contributed by atoms with Crippen LogP contribution < -0.4 is 0 Å². The van der Waals surface area contributed by atoms with Gasteiger partial charge in [-0.3, -0.25) is 9.80 Å². The minimum Gasteiger partial charge on any atom is -0.506 e. The fraction of sp³-hybridized carbons (Fsp3) is 0.600. The molecule has 2 fully saturated rings. The first-order valence-electron chi connectivity index (χ1n) is 7.24. The highest BCUT2D eigenvalue weighted by Crippen LogP contribution is 2.25. The average molecular weight is 296 g/mol. The topological polar surface area (TPSA) is 30.0 Å². The number of hydrogen-bond donors (Lipinski definition) is 1. The second-order valence-corrected chi connectivity index (χ2v) is 6.38. The van der Waals surface area contributed by atoms with Gasteiger partial charge in [0.1, 0.15) is 5.75 Å². The number of fused-ring (bicyclic) bond motifs is 1. The van der Waals surface area contributed by atoms with Gasteiger partial charge in [0.05, 0.1) is 5.02 Å². The van der Waals surface area contributed by atoms with Crippen molar-refractivity contribution in [1.82, 2.24) is 14.7 Å². The molecule has 1 N–H and O–H groups in total. The van der Waals surface area contributed by atoms with Gasteiger partial charge in [-0.2, -0.15) is 0 Å². The second-order valence-electron chi connectivity index (χ2n) is 5.97. The van der Waals surface area contributed by atoms with E-state index in [0.717, 1.165) is 32.7 Å². The second kappa shape index (κ2) is 5.90. The summed E-state index contributed by atoms with van der Waals surface area (Å²) in [5.74, 6) is 0.161. The van der Waals surface area contributed by atoms with Gasteiger partial charge < -0.3 is 10.0 Å². The van der Waals surface area contributed by atoms with Crippen molar-refractivity contribution in [3.63, 3.8) is 0 Å². The summed E-state index contributed by atoms with van der Waals surface area (Å²) < 4.78 is 0. The van der Waals surface area contributed by atoms with Gasteiger partial charge in [-0.25, -0.2) is 0 Å². The van der Waals surface area contributed by atoms with Crippen LogP contribution in [0.15, 0.2) is 18.2 Å². The third kappa shape index (κ3) is 3.09. The average Bonchev–Trinajstić information content (AvgIpc) is 2.42. The third-order valence-corrected chi connectivity index (χ3v) is 4.70. The maximum Gasteiger partial charge on any atom is 0.134 e. The van der Waals surface area contributed by atoms with Gasteiger partial charge in [0, 0.05) is 51.9 Å². The summed E-state index contributed by atoms with van der Waals surface area (Å²) in [5.41, 5.74) is 1.17. The van der Waals surface area contributed by atoms with Crippen molar-refractivity contribution >= 4 is 11.6 Å². The van der Waals surface area contributed by atoms with Crippen LogP contribution >= 0.6 is 11.6 Å². The standard InChI is InChI=1S/C15H22ClN3O/c1-17-4-6-19-7-5-18(11-13(19)10-17)9-12-2-3-15(20)14(16)8-12/h2-3,8,13,20H,4-7,9-11H2,1H3. The fourth-order valence-corrected chi connectivity index (χ4v) is 3.43. The molecule has 1 unspecified atom stereocenters. The van der Waals surface area contributed by atoms with Crippen molar-refractivity contribution in [3.05, 3.63) is 28.8 Å². The van der Waals surface area contributed by atoms with E-state index in [1.807, 2.05) is 12.1 Å². The smallest absolute Gasteiger partial charge is 0.134 e. The molecule has 2 aliphatic rings. The number of benzene rings is 1. The highest BCUT2D eigenvalue weighted by molar-refractivity contribution is 6.32. The molecule has 0 bridgehead atoms. The van der Waals surface area contributed by atoms with Crippen molar-refractivity contribution in [2.75, 3.05) is 46.3 Å². The Kier molecular flexibility index (Phi) is 4.17. The van der Waals surface area contributed by atoms with E-state index in [2.05, 4.69) is 21.7 Å². The highest BCUT2D eigenvalue weighted by atomic mass is 35.5. The Balaban J connectivity index is 1.62. The van der Waals surface area contributed by atoms with E-state index in [9.17, 15) is 5.11 Å². The predicted octanol–water partition coefficient (Wildman–Crippen LogP) is 1.48. The normalized spacial score (nSPS) is 25.6. The van der Waals surface area contributed by atoms with Gasteiger partial charge in [0.25, 0.3) is 0 Å². The van der Waals surface area contributed by atoms with Gasteiger partial charge in [-0.05, 0) is 24.7 Å². The van der Waals surface area contributed by atoms with Crippen LogP contribution in [-0.4, -0.2) is 72.2 Å². The van der Waals surface area contributed by atoms with Crippen LogP contribution in [0.5, 0.6) is 5.75 Å². The van der Waals surface area contributed by atoms with Crippen LogP contribution in [0.4, 0.5) is 0 Å². The number of piperazine rings is 2. The molecule has 2 saturated heterocycles. The molecule has 0 saturated carbocycles. The SMILES string of the molecule is CN1CCN2CCN(Cc3ccc(O)c(Cl)c3)CC2C1. The number of aromatic hydroxyl groups is 1.